The zero-order valence-electron chi connectivity index (χ0n) is 20.0. The molecule has 1 aliphatic heterocycles. The first-order valence-corrected chi connectivity index (χ1v) is 11.6. The van der Waals surface area contributed by atoms with Gasteiger partial charge in [-0.3, -0.25) is 9.69 Å². The molecule has 0 N–H and O–H groups in total. The van der Waals surface area contributed by atoms with Crippen molar-refractivity contribution in [1.82, 2.24) is 14.7 Å². The van der Waals surface area contributed by atoms with Gasteiger partial charge in [0.25, 0.3) is 5.91 Å². The molecule has 0 unspecified atom stereocenters. The fourth-order valence-corrected chi connectivity index (χ4v) is 4.81. The van der Waals surface area contributed by atoms with Gasteiger partial charge in [-0.1, -0.05) is 43.0 Å². The Morgan fingerprint density at radius 3 is 2.28 bits per heavy atom. The second kappa shape index (κ2) is 10.2. The monoisotopic (exact) mass is 434 g/mol. The minimum absolute atomic E-state index is 0.0158. The minimum Gasteiger partial charge on any atom is -0.872 e. The number of allylic oxidation sites excluding steroid dienone is 1. The molecule has 1 fully saturated rings. The van der Waals surface area contributed by atoms with Crippen LogP contribution in [0, 0.1) is 0 Å². The summed E-state index contributed by atoms with van der Waals surface area (Å²) in [5.41, 5.74) is 3.86. The van der Waals surface area contributed by atoms with E-state index in [2.05, 4.69) is 37.1 Å². The van der Waals surface area contributed by atoms with Gasteiger partial charge >= 0.3 is 0 Å². The highest BCUT2D eigenvalue weighted by Gasteiger charge is 2.34. The van der Waals surface area contributed by atoms with E-state index in [4.69, 9.17) is 0 Å². The smallest absolute Gasteiger partial charge is 0.253 e. The molecular formula is C27H36N3O2-. The first-order chi connectivity index (χ1) is 15.3. The van der Waals surface area contributed by atoms with E-state index in [-0.39, 0.29) is 23.7 Å². The molecule has 1 heterocycles. The molecule has 5 nitrogen and oxygen atoms in total. The van der Waals surface area contributed by atoms with Crippen LogP contribution in [0.4, 0.5) is 0 Å². The van der Waals surface area contributed by atoms with Crippen molar-refractivity contribution in [2.24, 2.45) is 0 Å². The van der Waals surface area contributed by atoms with Crippen LogP contribution in [0.3, 0.4) is 0 Å². The van der Waals surface area contributed by atoms with Crippen molar-refractivity contribution < 1.29 is 9.90 Å². The van der Waals surface area contributed by atoms with E-state index in [1.807, 2.05) is 55.1 Å². The molecule has 0 saturated carbocycles. The topological polar surface area (TPSA) is 49.8 Å². The third-order valence-electron chi connectivity index (χ3n) is 6.55. The lowest BCUT2D eigenvalue weighted by Crippen LogP contribution is -2.56. The van der Waals surface area contributed by atoms with Crippen LogP contribution >= 0.6 is 0 Å². The number of amides is 1. The van der Waals surface area contributed by atoms with E-state index in [0.717, 1.165) is 29.9 Å². The number of rotatable bonds is 7. The molecule has 0 bridgehead atoms. The van der Waals surface area contributed by atoms with Crippen molar-refractivity contribution in [3.05, 3.63) is 77.5 Å². The van der Waals surface area contributed by atoms with Gasteiger partial charge in [0.15, 0.2) is 0 Å². The molecule has 0 aromatic heterocycles. The molecule has 3 rings (SSSR count). The molecule has 0 spiro atoms. The quantitative estimate of drug-likeness (QED) is 0.653. The summed E-state index contributed by atoms with van der Waals surface area (Å²) in [4.78, 5) is 19.4. The van der Waals surface area contributed by atoms with Crippen LogP contribution in [0.1, 0.15) is 62.1 Å². The van der Waals surface area contributed by atoms with Crippen LogP contribution in [-0.2, 0) is 0 Å². The van der Waals surface area contributed by atoms with Crippen molar-refractivity contribution in [3.63, 3.8) is 0 Å². The Bertz CT molecular complexity index is 936. The Morgan fingerprint density at radius 1 is 1.06 bits per heavy atom. The molecule has 2 aromatic carbocycles. The molecule has 3 atom stereocenters. The van der Waals surface area contributed by atoms with Crippen molar-refractivity contribution in [1.29, 1.82) is 0 Å². The Labute approximate surface area is 193 Å². The number of hydrogen-bond donors (Lipinski definition) is 0. The largest absolute Gasteiger partial charge is 0.872 e. The number of benzene rings is 2. The predicted molar refractivity (Wildman–Crippen MR) is 129 cm³/mol. The second-order valence-corrected chi connectivity index (χ2v) is 8.86. The first-order valence-electron chi connectivity index (χ1n) is 11.6. The normalized spacial score (nSPS) is 20.1. The van der Waals surface area contributed by atoms with Crippen molar-refractivity contribution >= 4 is 5.91 Å². The van der Waals surface area contributed by atoms with E-state index < -0.39 is 0 Å². The Kier molecular flexibility index (Phi) is 7.62. The van der Waals surface area contributed by atoms with Crippen LogP contribution in [0.15, 0.2) is 60.8 Å². The number of carbonyl (C=O) groups is 1. The second-order valence-electron chi connectivity index (χ2n) is 8.86. The van der Waals surface area contributed by atoms with Crippen LogP contribution < -0.4 is 5.11 Å². The van der Waals surface area contributed by atoms with Crippen LogP contribution in [0.25, 0.3) is 0 Å². The number of piperazine rings is 1. The lowest BCUT2D eigenvalue weighted by molar-refractivity contribution is -0.268. The summed E-state index contributed by atoms with van der Waals surface area (Å²) in [5, 5.41) is 12.2. The SMILES string of the molecule is C=C(C)N1C[C@@H](C)N([C@@H](c2ccc(C(=O)N(CC)CC)cc2)c2cccc([O-])c2)C[C@@H]1C. The molecule has 1 aliphatic rings. The van der Waals surface area contributed by atoms with E-state index in [0.29, 0.717) is 24.7 Å². The molecule has 2 aromatic rings. The van der Waals surface area contributed by atoms with Crippen molar-refractivity contribution in [2.75, 3.05) is 26.2 Å². The highest BCUT2D eigenvalue weighted by Crippen LogP contribution is 2.35. The molecular weight excluding hydrogens is 398 g/mol. The predicted octanol–water partition coefficient (Wildman–Crippen LogP) is 4.26. The molecule has 0 radical (unpaired) electrons. The summed E-state index contributed by atoms with van der Waals surface area (Å²) in [7, 11) is 0. The Hall–Kier alpha value is -2.79. The molecule has 0 aliphatic carbocycles. The van der Waals surface area contributed by atoms with Crippen LogP contribution in [-0.4, -0.2) is 58.9 Å². The summed E-state index contributed by atoms with van der Waals surface area (Å²) in [6, 6.07) is 15.7. The average Bonchev–Trinajstić information content (AvgIpc) is 2.77. The molecule has 1 amide bonds. The van der Waals surface area contributed by atoms with Crippen LogP contribution in [0.5, 0.6) is 5.75 Å². The molecule has 172 valence electrons. The fourth-order valence-electron chi connectivity index (χ4n) is 4.81. The third kappa shape index (κ3) is 4.99. The third-order valence-corrected chi connectivity index (χ3v) is 6.55. The maximum absolute atomic E-state index is 12.8. The van der Waals surface area contributed by atoms with E-state index in [9.17, 15) is 9.90 Å². The van der Waals surface area contributed by atoms with Gasteiger partial charge in [-0.2, -0.15) is 0 Å². The van der Waals surface area contributed by atoms with Crippen LogP contribution in [0.2, 0.25) is 0 Å². The highest BCUT2D eigenvalue weighted by molar-refractivity contribution is 5.94. The summed E-state index contributed by atoms with van der Waals surface area (Å²) in [6.45, 7) is 17.8. The van der Waals surface area contributed by atoms with E-state index in [1.165, 1.54) is 0 Å². The first kappa shape index (κ1) is 23.9. The van der Waals surface area contributed by atoms with Gasteiger partial charge in [-0.25, -0.2) is 0 Å². The van der Waals surface area contributed by atoms with Gasteiger partial charge < -0.3 is 14.9 Å². The summed E-state index contributed by atoms with van der Waals surface area (Å²) in [5.74, 6) is 0.0684. The number of hydrogen-bond acceptors (Lipinski definition) is 4. The van der Waals surface area contributed by atoms with Gasteiger partial charge in [0.1, 0.15) is 0 Å². The van der Waals surface area contributed by atoms with Crippen molar-refractivity contribution in [3.8, 4) is 5.75 Å². The maximum atomic E-state index is 12.8. The lowest BCUT2D eigenvalue weighted by atomic mass is 9.92. The van der Waals surface area contributed by atoms with Gasteiger partial charge in [-0.15, -0.1) is 5.75 Å². The highest BCUT2D eigenvalue weighted by atomic mass is 16.3. The summed E-state index contributed by atoms with van der Waals surface area (Å²) in [6.07, 6.45) is 0. The summed E-state index contributed by atoms with van der Waals surface area (Å²) >= 11 is 0. The molecule has 5 heteroatoms. The fraction of sp³-hybridized carbons (Fsp3) is 0.444. The molecule has 32 heavy (non-hydrogen) atoms. The molecule has 1 saturated heterocycles. The number of carbonyl (C=O) groups excluding carboxylic acids is 1. The van der Waals surface area contributed by atoms with Gasteiger partial charge in [-0.05, 0) is 57.9 Å². The summed E-state index contributed by atoms with van der Waals surface area (Å²) < 4.78 is 0. The van der Waals surface area contributed by atoms with Gasteiger partial charge in [0.2, 0.25) is 0 Å². The van der Waals surface area contributed by atoms with Gasteiger partial charge in [0, 0.05) is 49.5 Å². The minimum atomic E-state index is -0.0498. The number of nitrogens with zero attached hydrogens (tertiary/aromatic N) is 3. The van der Waals surface area contributed by atoms with E-state index >= 15 is 0 Å². The average molecular weight is 435 g/mol. The van der Waals surface area contributed by atoms with E-state index in [1.54, 1.807) is 12.1 Å². The van der Waals surface area contributed by atoms with Gasteiger partial charge in [0.05, 0.1) is 6.04 Å². The standard InChI is InChI=1S/C27H37N3O2/c1-7-28(8-2)27(32)23-14-12-22(13-15-23)26(24-10-9-11-25(31)16-24)30-18-20(5)29(19(3)4)17-21(30)6/h9-16,20-21,26,31H,3,7-8,17-18H2,1-2,4-6H3/p-1/t20-,21+,26-/m0/s1. The zero-order valence-corrected chi connectivity index (χ0v) is 20.0. The zero-order chi connectivity index (χ0) is 23.4. The maximum Gasteiger partial charge on any atom is 0.253 e. The Balaban J connectivity index is 1.98. The Morgan fingerprint density at radius 2 is 1.72 bits per heavy atom. The lowest BCUT2D eigenvalue weighted by Gasteiger charge is -2.48. The van der Waals surface area contributed by atoms with Crippen molar-refractivity contribution in [2.45, 2.75) is 52.7 Å².